The molecule has 43 heavy (non-hydrogen) atoms. The van der Waals surface area contributed by atoms with Crippen LogP contribution in [0.3, 0.4) is 0 Å². The Morgan fingerprint density at radius 2 is 1.44 bits per heavy atom. The summed E-state index contributed by atoms with van der Waals surface area (Å²) >= 11 is 0. The molecule has 2 aromatic heterocycles. The topological polar surface area (TPSA) is 83.2 Å². The molecule has 0 spiro atoms. The Morgan fingerprint density at radius 3 is 2.05 bits per heavy atom. The predicted molar refractivity (Wildman–Crippen MR) is 167 cm³/mol. The molecular formula is C34H39N5O4. The molecule has 0 saturated carbocycles. The van der Waals surface area contributed by atoms with Gasteiger partial charge in [0.15, 0.2) is 11.5 Å². The lowest BCUT2D eigenvalue weighted by atomic mass is 10.1. The SMILES string of the molecule is CCCC(CCOCc1ccccc1)Oc1nc(N(Cc2ccc(OC)cc2)Cc2ccc(OC)cc2)c2nccn2n1. The molecule has 9 heteroatoms. The van der Waals surface area contributed by atoms with Gasteiger partial charge in [-0.15, -0.1) is 5.10 Å². The molecule has 9 nitrogen and oxygen atoms in total. The highest BCUT2D eigenvalue weighted by Crippen LogP contribution is 2.26. The van der Waals surface area contributed by atoms with E-state index in [1.165, 1.54) is 0 Å². The molecule has 0 radical (unpaired) electrons. The molecule has 0 saturated heterocycles. The summed E-state index contributed by atoms with van der Waals surface area (Å²) in [5.74, 6) is 2.32. The van der Waals surface area contributed by atoms with E-state index >= 15 is 0 Å². The van der Waals surface area contributed by atoms with Gasteiger partial charge in [-0.05, 0) is 47.4 Å². The van der Waals surface area contributed by atoms with Gasteiger partial charge in [0.25, 0.3) is 0 Å². The van der Waals surface area contributed by atoms with E-state index in [2.05, 4.69) is 58.3 Å². The second kappa shape index (κ2) is 15.0. The number of rotatable bonds is 16. The number of ether oxygens (including phenoxy) is 4. The second-order valence-electron chi connectivity index (χ2n) is 10.3. The number of hydrogen-bond acceptors (Lipinski definition) is 8. The standard InChI is InChI=1S/C34H39N5O4/c1-4-8-31(19-22-42-25-28-9-6-5-7-10-28)43-34-36-33(32-35-20-21-39(32)37-34)38(23-26-11-15-29(40-2)16-12-26)24-27-13-17-30(41-3)18-14-27/h5-7,9-18,20-21,31H,4,8,19,22-25H2,1-3H3. The van der Waals surface area contributed by atoms with Crippen LogP contribution >= 0.6 is 0 Å². The van der Waals surface area contributed by atoms with Gasteiger partial charge in [-0.3, -0.25) is 0 Å². The Balaban J connectivity index is 1.38. The third kappa shape index (κ3) is 8.23. The molecular weight excluding hydrogens is 542 g/mol. The zero-order valence-corrected chi connectivity index (χ0v) is 25.1. The molecule has 0 fully saturated rings. The lowest BCUT2D eigenvalue weighted by Gasteiger charge is -2.25. The molecule has 0 aliphatic rings. The van der Waals surface area contributed by atoms with Crippen molar-refractivity contribution in [2.75, 3.05) is 25.7 Å². The molecule has 0 N–H and O–H groups in total. The number of anilines is 1. The van der Waals surface area contributed by atoms with E-state index in [0.29, 0.717) is 43.8 Å². The molecule has 224 valence electrons. The summed E-state index contributed by atoms with van der Waals surface area (Å²) < 4.78 is 24.9. The van der Waals surface area contributed by atoms with Crippen molar-refractivity contribution in [3.05, 3.63) is 108 Å². The van der Waals surface area contributed by atoms with Crippen molar-refractivity contribution in [3.8, 4) is 17.5 Å². The fourth-order valence-electron chi connectivity index (χ4n) is 4.88. The van der Waals surface area contributed by atoms with Crippen molar-refractivity contribution in [2.45, 2.75) is 52.0 Å². The molecule has 0 aliphatic heterocycles. The van der Waals surface area contributed by atoms with Crippen molar-refractivity contribution >= 4 is 11.5 Å². The minimum absolute atomic E-state index is 0.0776. The Labute approximate surface area is 253 Å². The Kier molecular flexibility index (Phi) is 10.4. The number of nitrogens with zero attached hydrogens (tertiary/aromatic N) is 5. The first-order valence-electron chi connectivity index (χ1n) is 14.7. The van der Waals surface area contributed by atoms with Gasteiger partial charge in [-0.25, -0.2) is 9.50 Å². The van der Waals surface area contributed by atoms with Gasteiger partial charge in [0.2, 0.25) is 0 Å². The van der Waals surface area contributed by atoms with Crippen molar-refractivity contribution in [2.24, 2.45) is 0 Å². The first kappa shape index (κ1) is 29.8. The minimum Gasteiger partial charge on any atom is -0.497 e. The molecule has 3 aromatic carbocycles. The maximum absolute atomic E-state index is 6.43. The van der Waals surface area contributed by atoms with Gasteiger partial charge in [0, 0.05) is 31.9 Å². The number of fused-ring (bicyclic) bond motifs is 1. The van der Waals surface area contributed by atoms with E-state index < -0.39 is 0 Å². The van der Waals surface area contributed by atoms with Gasteiger partial charge in [0.05, 0.1) is 27.4 Å². The molecule has 5 rings (SSSR count). The van der Waals surface area contributed by atoms with Crippen molar-refractivity contribution in [3.63, 3.8) is 0 Å². The Hall–Kier alpha value is -4.63. The van der Waals surface area contributed by atoms with E-state index in [9.17, 15) is 0 Å². The van der Waals surface area contributed by atoms with Crippen molar-refractivity contribution in [1.82, 2.24) is 19.6 Å². The first-order valence-corrected chi connectivity index (χ1v) is 14.7. The summed E-state index contributed by atoms with van der Waals surface area (Å²) in [7, 11) is 3.34. The van der Waals surface area contributed by atoms with Crippen LogP contribution in [0.5, 0.6) is 17.5 Å². The molecule has 0 amide bonds. The van der Waals surface area contributed by atoms with E-state index in [1.807, 2.05) is 48.7 Å². The van der Waals surface area contributed by atoms with E-state index in [0.717, 1.165) is 47.5 Å². The van der Waals surface area contributed by atoms with Gasteiger partial charge in [-0.1, -0.05) is 67.9 Å². The van der Waals surface area contributed by atoms with Gasteiger partial charge < -0.3 is 23.8 Å². The van der Waals surface area contributed by atoms with Crippen LogP contribution in [0.1, 0.15) is 42.9 Å². The fourth-order valence-corrected chi connectivity index (χ4v) is 4.88. The highest BCUT2D eigenvalue weighted by Gasteiger charge is 2.20. The van der Waals surface area contributed by atoms with Crippen LogP contribution in [-0.4, -0.2) is 46.5 Å². The zero-order valence-electron chi connectivity index (χ0n) is 25.1. The third-order valence-electron chi connectivity index (χ3n) is 7.16. The first-order chi connectivity index (χ1) is 21.1. The normalized spacial score (nSPS) is 11.8. The second-order valence-corrected chi connectivity index (χ2v) is 10.3. The van der Waals surface area contributed by atoms with Crippen LogP contribution in [0, 0.1) is 0 Å². The highest BCUT2D eigenvalue weighted by molar-refractivity contribution is 5.64. The smallest absolute Gasteiger partial charge is 0.336 e. The summed E-state index contributed by atoms with van der Waals surface area (Å²) in [6.45, 7) is 4.51. The highest BCUT2D eigenvalue weighted by atomic mass is 16.5. The van der Waals surface area contributed by atoms with E-state index in [4.69, 9.17) is 23.9 Å². The minimum atomic E-state index is -0.0776. The summed E-state index contributed by atoms with van der Waals surface area (Å²) in [4.78, 5) is 11.7. The maximum Gasteiger partial charge on any atom is 0.336 e. The van der Waals surface area contributed by atoms with E-state index in [1.54, 1.807) is 24.9 Å². The number of aromatic nitrogens is 4. The summed E-state index contributed by atoms with van der Waals surface area (Å²) in [6.07, 6.45) is 6.07. The van der Waals surface area contributed by atoms with Crippen LogP contribution in [0.2, 0.25) is 0 Å². The molecule has 1 unspecified atom stereocenters. The lowest BCUT2D eigenvalue weighted by molar-refractivity contribution is 0.0750. The largest absolute Gasteiger partial charge is 0.497 e. The van der Waals surface area contributed by atoms with Gasteiger partial charge in [0.1, 0.15) is 17.6 Å². The monoisotopic (exact) mass is 581 g/mol. The van der Waals surface area contributed by atoms with Crippen LogP contribution in [0.25, 0.3) is 5.65 Å². The number of benzene rings is 3. The van der Waals surface area contributed by atoms with Crippen LogP contribution in [0.4, 0.5) is 5.82 Å². The molecule has 5 aromatic rings. The molecule has 1 atom stereocenters. The number of imidazole rings is 1. The zero-order chi connectivity index (χ0) is 29.9. The third-order valence-corrected chi connectivity index (χ3v) is 7.16. The average Bonchev–Trinajstić information content (AvgIpc) is 3.52. The van der Waals surface area contributed by atoms with Crippen LogP contribution in [0.15, 0.2) is 91.3 Å². The summed E-state index contributed by atoms with van der Waals surface area (Å²) in [5.41, 5.74) is 4.04. The number of methoxy groups -OCH3 is 2. The average molecular weight is 582 g/mol. The van der Waals surface area contributed by atoms with Crippen LogP contribution in [-0.2, 0) is 24.4 Å². The summed E-state index contributed by atoms with van der Waals surface area (Å²) in [6, 6.07) is 26.6. The molecule has 0 bridgehead atoms. The Morgan fingerprint density at radius 1 is 0.791 bits per heavy atom. The van der Waals surface area contributed by atoms with Crippen molar-refractivity contribution in [1.29, 1.82) is 0 Å². The predicted octanol–water partition coefficient (Wildman–Crippen LogP) is 6.50. The maximum atomic E-state index is 6.43. The summed E-state index contributed by atoms with van der Waals surface area (Å²) in [5, 5.41) is 4.66. The van der Waals surface area contributed by atoms with Gasteiger partial charge in [-0.2, -0.15) is 4.98 Å². The quantitative estimate of drug-likeness (QED) is 0.122. The fraction of sp³-hybridized carbons (Fsp3) is 0.324. The lowest BCUT2D eigenvalue weighted by Crippen LogP contribution is -2.26. The van der Waals surface area contributed by atoms with Gasteiger partial charge >= 0.3 is 6.01 Å². The molecule has 0 aliphatic carbocycles. The Bertz CT molecular complexity index is 1490. The molecule has 2 heterocycles. The van der Waals surface area contributed by atoms with Crippen molar-refractivity contribution < 1.29 is 18.9 Å². The van der Waals surface area contributed by atoms with Crippen LogP contribution < -0.4 is 19.1 Å². The van der Waals surface area contributed by atoms with E-state index in [-0.39, 0.29) is 6.10 Å². The number of hydrogen-bond donors (Lipinski definition) is 0.